The minimum absolute atomic E-state index is 0.264. The summed E-state index contributed by atoms with van der Waals surface area (Å²) in [6.45, 7) is 1.97. The molecule has 1 fully saturated rings. The van der Waals surface area contributed by atoms with E-state index < -0.39 is 0 Å². The highest BCUT2D eigenvalue weighted by atomic mass is 79.9. The van der Waals surface area contributed by atoms with Gasteiger partial charge in [-0.3, -0.25) is 9.89 Å². The lowest BCUT2D eigenvalue weighted by molar-refractivity contribution is 0.102. The molecule has 1 aromatic carbocycles. The second kappa shape index (κ2) is 4.94. The third kappa shape index (κ3) is 2.43. The highest BCUT2D eigenvalue weighted by Gasteiger charge is 2.30. The predicted molar refractivity (Wildman–Crippen MR) is 81.8 cm³/mol. The van der Waals surface area contributed by atoms with Gasteiger partial charge in [-0.15, -0.1) is 0 Å². The number of anilines is 2. The second-order valence-corrected chi connectivity index (χ2v) is 5.97. The van der Waals surface area contributed by atoms with Crippen LogP contribution >= 0.6 is 15.9 Å². The van der Waals surface area contributed by atoms with Gasteiger partial charge in [0.25, 0.3) is 5.91 Å². The van der Waals surface area contributed by atoms with Crippen molar-refractivity contribution in [1.82, 2.24) is 10.2 Å². The van der Waals surface area contributed by atoms with E-state index in [0.717, 1.165) is 28.6 Å². The SMILES string of the molecule is Cc1ccc(Br)c(NC(=O)c2n[nH]c(C3CC3)c2N)c1. The van der Waals surface area contributed by atoms with E-state index in [2.05, 4.69) is 31.4 Å². The van der Waals surface area contributed by atoms with E-state index in [-0.39, 0.29) is 11.6 Å². The van der Waals surface area contributed by atoms with E-state index in [1.54, 1.807) is 0 Å². The van der Waals surface area contributed by atoms with Crippen molar-refractivity contribution in [3.63, 3.8) is 0 Å². The highest BCUT2D eigenvalue weighted by Crippen LogP contribution is 2.42. The maximum Gasteiger partial charge on any atom is 0.278 e. The van der Waals surface area contributed by atoms with Gasteiger partial charge in [0, 0.05) is 10.4 Å². The first-order valence-corrected chi connectivity index (χ1v) is 7.27. The molecular formula is C14H15BrN4O. The Morgan fingerprint density at radius 2 is 2.25 bits per heavy atom. The summed E-state index contributed by atoms with van der Waals surface area (Å²) >= 11 is 3.41. The van der Waals surface area contributed by atoms with Crippen molar-refractivity contribution in [2.45, 2.75) is 25.7 Å². The molecule has 2 aromatic rings. The van der Waals surface area contributed by atoms with Crippen LogP contribution in [0.3, 0.4) is 0 Å². The zero-order valence-corrected chi connectivity index (χ0v) is 12.6. The fraction of sp³-hybridized carbons (Fsp3) is 0.286. The smallest absolute Gasteiger partial charge is 0.278 e. The number of nitrogens with two attached hydrogens (primary N) is 1. The number of hydrogen-bond acceptors (Lipinski definition) is 3. The van der Waals surface area contributed by atoms with E-state index in [9.17, 15) is 4.79 Å². The maximum absolute atomic E-state index is 12.3. The first kappa shape index (κ1) is 13.2. The van der Waals surface area contributed by atoms with Crippen LogP contribution in [0.1, 0.15) is 40.5 Å². The molecule has 0 aliphatic heterocycles. The van der Waals surface area contributed by atoms with Crippen LogP contribution in [0.2, 0.25) is 0 Å². The molecule has 1 aliphatic carbocycles. The molecule has 0 bridgehead atoms. The quantitative estimate of drug-likeness (QED) is 0.805. The normalized spacial score (nSPS) is 14.3. The van der Waals surface area contributed by atoms with Crippen LogP contribution in [0.15, 0.2) is 22.7 Å². The van der Waals surface area contributed by atoms with Gasteiger partial charge in [-0.1, -0.05) is 6.07 Å². The Bertz CT molecular complexity index is 676. The number of carbonyl (C=O) groups excluding carboxylic acids is 1. The fourth-order valence-electron chi connectivity index (χ4n) is 2.14. The number of amides is 1. The summed E-state index contributed by atoms with van der Waals surface area (Å²) in [5.41, 5.74) is 9.40. The molecule has 1 heterocycles. The topological polar surface area (TPSA) is 83.8 Å². The third-order valence-corrected chi connectivity index (χ3v) is 4.10. The lowest BCUT2D eigenvalue weighted by Crippen LogP contribution is -2.14. The predicted octanol–water partition coefficient (Wildman–Crippen LogP) is 3.19. The molecular weight excluding hydrogens is 320 g/mol. The molecule has 0 unspecified atom stereocenters. The van der Waals surface area contributed by atoms with Crippen molar-refractivity contribution in [3.05, 3.63) is 39.6 Å². The number of H-pyrrole nitrogens is 1. The van der Waals surface area contributed by atoms with Crippen molar-refractivity contribution >= 4 is 33.2 Å². The first-order valence-electron chi connectivity index (χ1n) is 6.47. The summed E-state index contributed by atoms with van der Waals surface area (Å²) in [6.07, 6.45) is 2.22. The van der Waals surface area contributed by atoms with Crippen LogP contribution in [0.25, 0.3) is 0 Å². The lowest BCUT2D eigenvalue weighted by Gasteiger charge is -2.07. The minimum Gasteiger partial charge on any atom is -0.395 e. The Labute approximate surface area is 125 Å². The molecule has 1 aromatic heterocycles. The number of aromatic amines is 1. The number of aromatic nitrogens is 2. The average molecular weight is 335 g/mol. The van der Waals surface area contributed by atoms with Crippen LogP contribution in [0.5, 0.6) is 0 Å². The minimum atomic E-state index is -0.294. The average Bonchev–Trinajstić information content (AvgIpc) is 3.17. The molecule has 5 nitrogen and oxygen atoms in total. The maximum atomic E-state index is 12.3. The monoisotopic (exact) mass is 334 g/mol. The highest BCUT2D eigenvalue weighted by molar-refractivity contribution is 9.10. The molecule has 3 rings (SSSR count). The number of carbonyl (C=O) groups is 1. The van der Waals surface area contributed by atoms with E-state index in [1.807, 2.05) is 25.1 Å². The summed E-state index contributed by atoms with van der Waals surface area (Å²) in [7, 11) is 0. The van der Waals surface area contributed by atoms with E-state index in [4.69, 9.17) is 5.73 Å². The third-order valence-electron chi connectivity index (χ3n) is 3.40. The van der Waals surface area contributed by atoms with Gasteiger partial charge in [-0.2, -0.15) is 5.10 Å². The number of rotatable bonds is 3. The Morgan fingerprint density at radius 3 is 2.95 bits per heavy atom. The van der Waals surface area contributed by atoms with Gasteiger partial charge in [0.2, 0.25) is 0 Å². The van der Waals surface area contributed by atoms with Crippen molar-refractivity contribution in [2.75, 3.05) is 11.1 Å². The molecule has 1 amide bonds. The Balaban J connectivity index is 1.84. The summed E-state index contributed by atoms with van der Waals surface area (Å²) in [5.74, 6) is 0.145. The van der Waals surface area contributed by atoms with Crippen molar-refractivity contribution < 1.29 is 4.79 Å². The molecule has 1 aliphatic rings. The molecule has 20 heavy (non-hydrogen) atoms. The largest absolute Gasteiger partial charge is 0.395 e. The van der Waals surface area contributed by atoms with Crippen LogP contribution in [-0.4, -0.2) is 16.1 Å². The van der Waals surface area contributed by atoms with Crippen LogP contribution in [-0.2, 0) is 0 Å². The molecule has 1 saturated carbocycles. The van der Waals surface area contributed by atoms with Crippen LogP contribution < -0.4 is 11.1 Å². The Morgan fingerprint density at radius 1 is 1.50 bits per heavy atom. The van der Waals surface area contributed by atoms with Gasteiger partial charge in [0.1, 0.15) is 0 Å². The number of nitrogens with zero attached hydrogens (tertiary/aromatic N) is 1. The number of nitrogen functional groups attached to an aromatic ring is 1. The molecule has 0 radical (unpaired) electrons. The van der Waals surface area contributed by atoms with E-state index in [1.165, 1.54) is 0 Å². The van der Waals surface area contributed by atoms with Gasteiger partial charge < -0.3 is 11.1 Å². The number of benzene rings is 1. The van der Waals surface area contributed by atoms with Crippen molar-refractivity contribution in [3.8, 4) is 0 Å². The molecule has 6 heteroatoms. The van der Waals surface area contributed by atoms with Gasteiger partial charge >= 0.3 is 0 Å². The summed E-state index contributed by atoms with van der Waals surface area (Å²) in [5, 5.41) is 9.76. The van der Waals surface area contributed by atoms with Gasteiger partial charge in [-0.25, -0.2) is 0 Å². The number of aryl methyl sites for hydroxylation is 1. The summed E-state index contributed by atoms with van der Waals surface area (Å²) < 4.78 is 0.827. The lowest BCUT2D eigenvalue weighted by atomic mass is 10.2. The molecule has 4 N–H and O–H groups in total. The fourth-order valence-corrected chi connectivity index (χ4v) is 2.48. The van der Waals surface area contributed by atoms with Crippen molar-refractivity contribution in [1.29, 1.82) is 0 Å². The van der Waals surface area contributed by atoms with Gasteiger partial charge in [0.05, 0.1) is 17.1 Å². The standard InChI is InChI=1S/C14H15BrN4O/c1-7-2-5-9(15)10(6-7)17-14(20)13-11(16)12(18-19-13)8-3-4-8/h2,5-6,8H,3-4,16H2,1H3,(H,17,20)(H,18,19). The molecule has 0 spiro atoms. The Kier molecular flexibility index (Phi) is 3.25. The van der Waals surface area contributed by atoms with Gasteiger partial charge in [0.15, 0.2) is 5.69 Å². The van der Waals surface area contributed by atoms with E-state index in [0.29, 0.717) is 17.3 Å². The second-order valence-electron chi connectivity index (χ2n) is 5.11. The number of nitrogens with one attached hydrogen (secondary N) is 2. The molecule has 104 valence electrons. The first-order chi connectivity index (χ1) is 9.56. The zero-order chi connectivity index (χ0) is 14.3. The van der Waals surface area contributed by atoms with E-state index >= 15 is 0 Å². The number of hydrogen-bond donors (Lipinski definition) is 3. The zero-order valence-electron chi connectivity index (χ0n) is 11.0. The molecule has 0 atom stereocenters. The summed E-state index contributed by atoms with van der Waals surface area (Å²) in [4.78, 5) is 12.3. The summed E-state index contributed by atoms with van der Waals surface area (Å²) in [6, 6.07) is 5.76. The Hall–Kier alpha value is -1.82. The van der Waals surface area contributed by atoms with Crippen LogP contribution in [0, 0.1) is 6.92 Å². The number of halogens is 1. The van der Waals surface area contributed by atoms with Gasteiger partial charge in [-0.05, 0) is 53.4 Å². The molecule has 0 saturated heterocycles. The van der Waals surface area contributed by atoms with Crippen molar-refractivity contribution in [2.24, 2.45) is 0 Å². The van der Waals surface area contributed by atoms with Crippen LogP contribution in [0.4, 0.5) is 11.4 Å².